The number of nitrogens with zero attached hydrogens (tertiary/aromatic N) is 1. The molecule has 88 valence electrons. The zero-order valence-electron chi connectivity index (χ0n) is 9.81. The third-order valence-corrected chi connectivity index (χ3v) is 3.69. The van der Waals surface area contributed by atoms with Crippen LogP contribution in [-0.2, 0) is 13.0 Å². The smallest absolute Gasteiger partial charge is 0.152 e. The van der Waals surface area contributed by atoms with Gasteiger partial charge >= 0.3 is 0 Å². The van der Waals surface area contributed by atoms with E-state index in [1.165, 1.54) is 5.56 Å². The van der Waals surface area contributed by atoms with Crippen molar-refractivity contribution in [2.45, 2.75) is 32.4 Å². The quantitative estimate of drug-likeness (QED) is 0.804. The Kier molecular flexibility index (Phi) is 2.30. The van der Waals surface area contributed by atoms with Crippen LogP contribution in [0.4, 0.5) is 0 Å². The molecule has 0 radical (unpaired) electrons. The molecule has 0 saturated heterocycles. The molecule has 0 bridgehead atoms. The summed E-state index contributed by atoms with van der Waals surface area (Å²) < 4.78 is 2.11. The van der Waals surface area contributed by atoms with Crippen molar-refractivity contribution in [3.63, 3.8) is 0 Å². The molecule has 0 saturated carbocycles. The lowest BCUT2D eigenvalue weighted by molar-refractivity contribution is 0.111. The van der Waals surface area contributed by atoms with Gasteiger partial charge in [0.25, 0.3) is 0 Å². The summed E-state index contributed by atoms with van der Waals surface area (Å²) in [6, 6.07) is 6.04. The molecule has 3 nitrogen and oxygen atoms in total. The van der Waals surface area contributed by atoms with Crippen LogP contribution < -0.4 is 0 Å². The van der Waals surface area contributed by atoms with E-state index in [0.29, 0.717) is 12.0 Å². The first kappa shape index (κ1) is 10.5. The van der Waals surface area contributed by atoms with Gasteiger partial charge in [-0.3, -0.25) is 4.79 Å². The number of aliphatic hydroxyl groups excluding tert-OH is 1. The fourth-order valence-electron chi connectivity index (χ4n) is 2.92. The van der Waals surface area contributed by atoms with Gasteiger partial charge in [0.1, 0.15) is 0 Å². The number of aldehydes is 1. The molecule has 2 heterocycles. The van der Waals surface area contributed by atoms with Gasteiger partial charge in [-0.1, -0.05) is 25.1 Å². The summed E-state index contributed by atoms with van der Waals surface area (Å²) in [5.74, 6) is 0. The molecule has 1 aromatic carbocycles. The van der Waals surface area contributed by atoms with Gasteiger partial charge < -0.3 is 9.67 Å². The molecule has 1 aromatic heterocycles. The summed E-state index contributed by atoms with van der Waals surface area (Å²) >= 11 is 0. The van der Waals surface area contributed by atoms with Gasteiger partial charge in [0.05, 0.1) is 17.3 Å². The first-order valence-electron chi connectivity index (χ1n) is 6.05. The van der Waals surface area contributed by atoms with Crippen LogP contribution in [0.25, 0.3) is 10.9 Å². The molecule has 2 aromatic rings. The van der Waals surface area contributed by atoms with Crippen LogP contribution in [0.5, 0.6) is 0 Å². The minimum absolute atomic E-state index is 0.493. The highest BCUT2D eigenvalue weighted by molar-refractivity contribution is 6.01. The Bertz CT molecular complexity index is 598. The lowest BCUT2D eigenvalue weighted by atomic mass is 10.0. The van der Waals surface area contributed by atoms with E-state index in [9.17, 15) is 9.90 Å². The molecule has 1 aliphatic heterocycles. The molecule has 1 N–H and O–H groups in total. The van der Waals surface area contributed by atoms with Crippen LogP contribution in [0, 0.1) is 0 Å². The van der Waals surface area contributed by atoms with Crippen LogP contribution in [0.1, 0.15) is 41.1 Å². The molecular formula is C14H15NO2. The number of fused-ring (bicyclic) bond motifs is 3. The summed E-state index contributed by atoms with van der Waals surface area (Å²) in [4.78, 5) is 11.3. The van der Waals surface area contributed by atoms with E-state index < -0.39 is 6.10 Å². The van der Waals surface area contributed by atoms with Crippen LogP contribution in [0.3, 0.4) is 0 Å². The lowest BCUT2D eigenvalue weighted by Crippen LogP contribution is -1.96. The first-order chi connectivity index (χ1) is 8.27. The van der Waals surface area contributed by atoms with Gasteiger partial charge in [0.2, 0.25) is 0 Å². The largest absolute Gasteiger partial charge is 0.387 e. The predicted molar refractivity (Wildman–Crippen MR) is 66.3 cm³/mol. The number of carbonyl (C=O) groups is 1. The van der Waals surface area contributed by atoms with Crippen molar-refractivity contribution in [2.24, 2.45) is 0 Å². The second-order valence-corrected chi connectivity index (χ2v) is 4.54. The van der Waals surface area contributed by atoms with Gasteiger partial charge in [0, 0.05) is 17.5 Å². The molecule has 1 atom stereocenters. The number of carbonyl (C=O) groups excluding carboxylic acids is 1. The minimum atomic E-state index is -0.493. The molecule has 17 heavy (non-hydrogen) atoms. The van der Waals surface area contributed by atoms with Crippen molar-refractivity contribution in [1.82, 2.24) is 4.57 Å². The summed E-state index contributed by atoms with van der Waals surface area (Å²) in [6.07, 6.45) is 2.04. The molecule has 0 aliphatic carbocycles. The van der Waals surface area contributed by atoms with E-state index in [0.717, 1.165) is 35.8 Å². The van der Waals surface area contributed by atoms with E-state index in [2.05, 4.69) is 17.6 Å². The molecule has 3 rings (SSSR count). The topological polar surface area (TPSA) is 42.2 Å². The fourth-order valence-corrected chi connectivity index (χ4v) is 2.92. The number of aliphatic hydroxyl groups is 1. The molecule has 0 fully saturated rings. The fraction of sp³-hybridized carbons (Fsp3) is 0.357. The van der Waals surface area contributed by atoms with Crippen molar-refractivity contribution in [2.75, 3.05) is 0 Å². The van der Waals surface area contributed by atoms with Crippen molar-refractivity contribution in [3.05, 3.63) is 35.0 Å². The number of hydrogen-bond donors (Lipinski definition) is 1. The second kappa shape index (κ2) is 3.70. The summed E-state index contributed by atoms with van der Waals surface area (Å²) in [7, 11) is 0. The molecule has 1 aliphatic rings. The number of benzene rings is 1. The Morgan fingerprint density at radius 2 is 2.35 bits per heavy atom. The monoisotopic (exact) mass is 229 g/mol. The summed E-state index contributed by atoms with van der Waals surface area (Å²) in [6.45, 7) is 2.92. The van der Waals surface area contributed by atoms with Gasteiger partial charge in [-0.05, 0) is 18.4 Å². The maximum atomic E-state index is 11.3. The summed E-state index contributed by atoms with van der Waals surface area (Å²) in [5, 5.41) is 11.0. The number of hydrogen-bond acceptors (Lipinski definition) is 2. The van der Waals surface area contributed by atoms with Crippen molar-refractivity contribution >= 4 is 17.2 Å². The number of aryl methyl sites for hydroxylation is 2. The maximum absolute atomic E-state index is 11.3. The zero-order chi connectivity index (χ0) is 12.0. The minimum Gasteiger partial charge on any atom is -0.387 e. The Balaban J connectivity index is 2.46. The molecule has 0 amide bonds. The van der Waals surface area contributed by atoms with E-state index in [1.807, 2.05) is 12.1 Å². The van der Waals surface area contributed by atoms with E-state index >= 15 is 0 Å². The number of para-hydroxylation sites is 1. The normalized spacial score (nSPS) is 18.6. The number of aromatic nitrogens is 1. The molecule has 1 unspecified atom stereocenters. The van der Waals surface area contributed by atoms with Crippen LogP contribution in [0.15, 0.2) is 18.2 Å². The zero-order valence-corrected chi connectivity index (χ0v) is 9.81. The van der Waals surface area contributed by atoms with Gasteiger partial charge in [-0.15, -0.1) is 0 Å². The summed E-state index contributed by atoms with van der Waals surface area (Å²) in [5.41, 5.74) is 3.84. The second-order valence-electron chi connectivity index (χ2n) is 4.54. The van der Waals surface area contributed by atoms with Crippen molar-refractivity contribution in [1.29, 1.82) is 0 Å². The van der Waals surface area contributed by atoms with E-state index in [-0.39, 0.29) is 0 Å². The highest BCUT2D eigenvalue weighted by atomic mass is 16.3. The van der Waals surface area contributed by atoms with Gasteiger partial charge in [0.15, 0.2) is 6.29 Å². The lowest BCUT2D eigenvalue weighted by Gasteiger charge is -2.04. The van der Waals surface area contributed by atoms with Gasteiger partial charge in [-0.25, -0.2) is 0 Å². The highest BCUT2D eigenvalue weighted by Crippen LogP contribution is 2.37. The predicted octanol–water partition coefficient (Wildman–Crippen LogP) is 2.45. The van der Waals surface area contributed by atoms with E-state index in [1.54, 1.807) is 0 Å². The van der Waals surface area contributed by atoms with Crippen LogP contribution in [-0.4, -0.2) is 16.0 Å². The average molecular weight is 229 g/mol. The highest BCUT2D eigenvalue weighted by Gasteiger charge is 2.28. The van der Waals surface area contributed by atoms with Crippen molar-refractivity contribution in [3.8, 4) is 0 Å². The Labute approximate surface area is 99.7 Å². The molecular weight excluding hydrogens is 214 g/mol. The Morgan fingerprint density at radius 1 is 1.53 bits per heavy atom. The molecule has 0 spiro atoms. The first-order valence-corrected chi connectivity index (χ1v) is 6.05. The van der Waals surface area contributed by atoms with Gasteiger partial charge in [-0.2, -0.15) is 0 Å². The average Bonchev–Trinajstić information content (AvgIpc) is 2.87. The van der Waals surface area contributed by atoms with E-state index in [4.69, 9.17) is 0 Å². The van der Waals surface area contributed by atoms with Crippen LogP contribution >= 0.6 is 0 Å². The Morgan fingerprint density at radius 3 is 3.06 bits per heavy atom. The maximum Gasteiger partial charge on any atom is 0.152 e. The molecule has 3 heteroatoms. The SMILES string of the molecule is CCc1cccc2c(C=O)c3n(c12)CCC3O. The Hall–Kier alpha value is -1.61. The number of rotatable bonds is 2. The van der Waals surface area contributed by atoms with Crippen molar-refractivity contribution < 1.29 is 9.90 Å². The van der Waals surface area contributed by atoms with Crippen LogP contribution in [0.2, 0.25) is 0 Å². The third kappa shape index (κ3) is 1.29. The third-order valence-electron chi connectivity index (χ3n) is 3.69. The standard InChI is InChI=1S/C14H15NO2/c1-2-9-4-3-5-10-11(8-16)14-12(17)6-7-15(14)13(9)10/h3-5,8,12,17H,2,6-7H2,1H3.